The maximum atomic E-state index is 12.6. The lowest BCUT2D eigenvalue weighted by Gasteiger charge is -2.34. The van der Waals surface area contributed by atoms with Gasteiger partial charge in [-0.05, 0) is 52.9 Å². The summed E-state index contributed by atoms with van der Waals surface area (Å²) in [4.78, 5) is 14.5. The van der Waals surface area contributed by atoms with Gasteiger partial charge in [0.05, 0.1) is 5.56 Å². The van der Waals surface area contributed by atoms with Gasteiger partial charge in [-0.25, -0.2) is 0 Å². The fraction of sp³-hybridized carbons (Fsp3) is 0.533. The molecule has 0 heterocycles. The number of halogens is 2. The summed E-state index contributed by atoms with van der Waals surface area (Å²) < 4.78 is 1.79. The molecule has 2 rings (SSSR count). The highest BCUT2D eigenvalue weighted by Crippen LogP contribution is 2.29. The van der Waals surface area contributed by atoms with Crippen LogP contribution in [0.5, 0.6) is 0 Å². The van der Waals surface area contributed by atoms with Crippen LogP contribution in [0.3, 0.4) is 0 Å². The van der Waals surface area contributed by atoms with Gasteiger partial charge in [0.2, 0.25) is 0 Å². The summed E-state index contributed by atoms with van der Waals surface area (Å²) in [6.45, 7) is 2.28. The average Bonchev–Trinajstić information content (AvgIpc) is 2.40. The molecule has 1 aliphatic carbocycles. The van der Waals surface area contributed by atoms with E-state index in [1.54, 1.807) is 0 Å². The second-order valence-corrected chi connectivity index (χ2v) is 7.24. The molecule has 1 amide bonds. The van der Waals surface area contributed by atoms with Crippen LogP contribution in [0.4, 0.5) is 0 Å². The Labute approximate surface area is 131 Å². The molecule has 19 heavy (non-hydrogen) atoms. The third-order valence-electron chi connectivity index (χ3n) is 3.94. The minimum atomic E-state index is 0.104. The molecule has 2 unspecified atom stereocenters. The summed E-state index contributed by atoms with van der Waals surface area (Å²) in [5.41, 5.74) is 0.732. The smallest absolute Gasteiger partial charge is 0.255 e. The van der Waals surface area contributed by atoms with E-state index < -0.39 is 0 Å². The van der Waals surface area contributed by atoms with Crippen molar-refractivity contribution in [1.29, 1.82) is 0 Å². The average molecular weight is 389 g/mol. The number of hydrogen-bond acceptors (Lipinski definition) is 1. The summed E-state index contributed by atoms with van der Waals surface area (Å²) in [6.07, 6.45) is 4.76. The van der Waals surface area contributed by atoms with Crippen LogP contribution in [0.1, 0.15) is 43.0 Å². The SMILES string of the molecule is CC1CCCC(N(C)C(=O)c2cc(Br)ccc2Br)C1. The number of benzene rings is 1. The van der Waals surface area contributed by atoms with Crippen molar-refractivity contribution in [1.82, 2.24) is 4.90 Å². The predicted molar refractivity (Wildman–Crippen MR) is 85.4 cm³/mol. The van der Waals surface area contributed by atoms with Crippen LogP contribution in [0.25, 0.3) is 0 Å². The summed E-state index contributed by atoms with van der Waals surface area (Å²) in [6, 6.07) is 6.11. The molecule has 2 nitrogen and oxygen atoms in total. The molecule has 0 N–H and O–H groups in total. The summed E-state index contributed by atoms with van der Waals surface area (Å²) in [5, 5.41) is 0. The Morgan fingerprint density at radius 1 is 1.32 bits per heavy atom. The van der Waals surface area contributed by atoms with Crippen LogP contribution >= 0.6 is 31.9 Å². The first-order chi connectivity index (χ1) is 8.99. The third kappa shape index (κ3) is 3.60. The van der Waals surface area contributed by atoms with Crippen molar-refractivity contribution in [3.05, 3.63) is 32.7 Å². The van der Waals surface area contributed by atoms with Gasteiger partial charge in [-0.3, -0.25) is 4.79 Å². The molecule has 0 radical (unpaired) electrons. The summed E-state index contributed by atoms with van der Waals surface area (Å²) in [7, 11) is 1.93. The number of carbonyl (C=O) groups excluding carboxylic acids is 1. The highest BCUT2D eigenvalue weighted by Gasteiger charge is 2.26. The van der Waals surface area contributed by atoms with Gasteiger partial charge < -0.3 is 4.90 Å². The summed E-state index contributed by atoms with van der Waals surface area (Å²) >= 11 is 6.89. The molecule has 1 fully saturated rings. The highest BCUT2D eigenvalue weighted by atomic mass is 79.9. The molecule has 4 heteroatoms. The van der Waals surface area contributed by atoms with Gasteiger partial charge in [0.1, 0.15) is 0 Å². The second kappa shape index (κ2) is 6.40. The number of amides is 1. The molecule has 1 aliphatic rings. The minimum Gasteiger partial charge on any atom is -0.339 e. The zero-order valence-corrected chi connectivity index (χ0v) is 14.5. The van der Waals surface area contributed by atoms with Crippen molar-refractivity contribution in [3.63, 3.8) is 0 Å². The van der Waals surface area contributed by atoms with E-state index in [-0.39, 0.29) is 5.91 Å². The van der Waals surface area contributed by atoms with E-state index in [4.69, 9.17) is 0 Å². The van der Waals surface area contributed by atoms with Crippen molar-refractivity contribution < 1.29 is 4.79 Å². The monoisotopic (exact) mass is 387 g/mol. The Kier molecular flexibility index (Phi) is 5.07. The van der Waals surface area contributed by atoms with Crippen molar-refractivity contribution in [2.45, 2.75) is 38.6 Å². The van der Waals surface area contributed by atoms with Crippen LogP contribution in [-0.2, 0) is 0 Å². The van der Waals surface area contributed by atoms with Crippen LogP contribution in [0.2, 0.25) is 0 Å². The first-order valence-electron chi connectivity index (χ1n) is 6.71. The van der Waals surface area contributed by atoms with E-state index in [1.807, 2.05) is 30.1 Å². The Hall–Kier alpha value is -0.350. The first kappa shape index (κ1) is 15.0. The van der Waals surface area contributed by atoms with E-state index >= 15 is 0 Å². The van der Waals surface area contributed by atoms with E-state index in [9.17, 15) is 4.79 Å². The predicted octanol–water partition coefficient (Wildman–Crippen LogP) is 4.86. The number of carbonyl (C=O) groups is 1. The molecule has 1 aromatic carbocycles. The largest absolute Gasteiger partial charge is 0.339 e. The van der Waals surface area contributed by atoms with Crippen molar-refractivity contribution in [2.24, 2.45) is 5.92 Å². The maximum absolute atomic E-state index is 12.6. The Morgan fingerprint density at radius 2 is 2.05 bits per heavy atom. The maximum Gasteiger partial charge on any atom is 0.255 e. The molecule has 0 aromatic heterocycles. The lowest BCUT2D eigenvalue weighted by atomic mass is 9.86. The molecular weight excluding hydrogens is 370 g/mol. The van der Waals surface area contributed by atoms with Crippen LogP contribution in [0.15, 0.2) is 27.1 Å². The zero-order chi connectivity index (χ0) is 14.0. The van der Waals surface area contributed by atoms with Crippen LogP contribution < -0.4 is 0 Å². The lowest BCUT2D eigenvalue weighted by molar-refractivity contribution is 0.0671. The Bertz CT molecular complexity index is 475. The lowest BCUT2D eigenvalue weighted by Crippen LogP contribution is -2.40. The van der Waals surface area contributed by atoms with Crippen molar-refractivity contribution in [3.8, 4) is 0 Å². The van der Waals surface area contributed by atoms with Gasteiger partial charge in [0.15, 0.2) is 0 Å². The van der Waals surface area contributed by atoms with E-state index in [2.05, 4.69) is 38.8 Å². The minimum absolute atomic E-state index is 0.104. The van der Waals surface area contributed by atoms with E-state index in [0.29, 0.717) is 6.04 Å². The van der Waals surface area contributed by atoms with Gasteiger partial charge in [0, 0.05) is 22.0 Å². The molecular formula is C15H19Br2NO. The van der Waals surface area contributed by atoms with Gasteiger partial charge in [-0.2, -0.15) is 0 Å². The first-order valence-corrected chi connectivity index (χ1v) is 8.30. The highest BCUT2D eigenvalue weighted by molar-refractivity contribution is 9.11. The van der Waals surface area contributed by atoms with Crippen LogP contribution in [0, 0.1) is 5.92 Å². The van der Waals surface area contributed by atoms with Gasteiger partial charge in [0.25, 0.3) is 5.91 Å². The molecule has 104 valence electrons. The number of hydrogen-bond donors (Lipinski definition) is 0. The Balaban J connectivity index is 2.16. The van der Waals surface area contributed by atoms with Gasteiger partial charge in [-0.15, -0.1) is 0 Å². The summed E-state index contributed by atoms with van der Waals surface area (Å²) in [5.74, 6) is 0.826. The van der Waals surface area contributed by atoms with Gasteiger partial charge >= 0.3 is 0 Å². The van der Waals surface area contributed by atoms with E-state index in [0.717, 1.165) is 33.3 Å². The zero-order valence-electron chi connectivity index (χ0n) is 11.3. The fourth-order valence-corrected chi connectivity index (χ4v) is 3.55. The topological polar surface area (TPSA) is 20.3 Å². The van der Waals surface area contributed by atoms with Gasteiger partial charge in [-0.1, -0.05) is 35.7 Å². The molecule has 1 saturated carbocycles. The van der Waals surface area contributed by atoms with Crippen molar-refractivity contribution in [2.75, 3.05) is 7.05 Å². The fourth-order valence-electron chi connectivity index (χ4n) is 2.77. The molecule has 0 saturated heterocycles. The van der Waals surface area contributed by atoms with Crippen LogP contribution in [-0.4, -0.2) is 23.9 Å². The van der Waals surface area contributed by atoms with E-state index in [1.165, 1.54) is 12.8 Å². The molecule has 0 spiro atoms. The Morgan fingerprint density at radius 3 is 2.74 bits per heavy atom. The number of nitrogens with zero attached hydrogens (tertiary/aromatic N) is 1. The molecule has 1 aromatic rings. The molecule has 0 bridgehead atoms. The molecule has 2 atom stereocenters. The second-order valence-electron chi connectivity index (χ2n) is 5.47. The normalized spacial score (nSPS) is 23.2. The van der Waals surface area contributed by atoms with Crippen molar-refractivity contribution >= 4 is 37.8 Å². The number of rotatable bonds is 2. The quantitative estimate of drug-likeness (QED) is 0.708. The molecule has 0 aliphatic heterocycles. The third-order valence-corrected chi connectivity index (χ3v) is 5.12. The standard InChI is InChI=1S/C15H19Br2NO/c1-10-4-3-5-12(8-10)18(2)15(19)13-9-11(16)6-7-14(13)17/h6-7,9-10,12H,3-5,8H2,1-2H3.